The van der Waals surface area contributed by atoms with E-state index < -0.39 is 0 Å². The Hall–Kier alpha value is -1.85. The number of amidine groups is 1. The molecule has 2 aromatic heterocycles. The average Bonchev–Trinajstić information content (AvgIpc) is 2.89. The number of aryl methyl sites for hydroxylation is 1. The van der Waals surface area contributed by atoms with Crippen molar-refractivity contribution >= 4 is 44.6 Å². The fourth-order valence-electron chi connectivity index (χ4n) is 2.28. The van der Waals surface area contributed by atoms with Gasteiger partial charge in [-0.1, -0.05) is 36.7 Å². The predicted octanol–water partition coefficient (Wildman–Crippen LogP) is 4.35. The largest absolute Gasteiger partial charge is 0.383 e. The second kappa shape index (κ2) is 6.10. The van der Waals surface area contributed by atoms with E-state index in [-0.39, 0.29) is 0 Å². The standard InChI is InChI=1S/C16H14BrClN4/c1-2-10-5-3-4-6-13(10)21-16(19)12-8-20-22-9-11(17)7-14(22)15(12)18/h3-9H,2H2,1H3,(H2,19,21). The van der Waals surface area contributed by atoms with E-state index in [9.17, 15) is 0 Å². The van der Waals surface area contributed by atoms with Crippen LogP contribution in [0.3, 0.4) is 0 Å². The summed E-state index contributed by atoms with van der Waals surface area (Å²) in [6.45, 7) is 2.09. The molecule has 6 heteroatoms. The molecule has 2 N–H and O–H groups in total. The summed E-state index contributed by atoms with van der Waals surface area (Å²) in [5, 5.41) is 4.85. The number of hydrogen-bond donors (Lipinski definition) is 1. The summed E-state index contributed by atoms with van der Waals surface area (Å²) >= 11 is 9.86. The van der Waals surface area contributed by atoms with Crippen LogP contribution in [0.2, 0.25) is 5.02 Å². The average molecular weight is 378 g/mol. The zero-order valence-electron chi connectivity index (χ0n) is 11.9. The van der Waals surface area contributed by atoms with Crippen LogP contribution in [0.15, 0.2) is 52.2 Å². The number of nitrogens with zero attached hydrogens (tertiary/aromatic N) is 3. The molecule has 0 fully saturated rings. The first-order valence-electron chi connectivity index (χ1n) is 6.85. The molecule has 1 aromatic carbocycles. The van der Waals surface area contributed by atoms with E-state index in [2.05, 4.69) is 32.9 Å². The molecule has 22 heavy (non-hydrogen) atoms. The van der Waals surface area contributed by atoms with Gasteiger partial charge in [0.25, 0.3) is 0 Å². The summed E-state index contributed by atoms with van der Waals surface area (Å²) in [6.07, 6.45) is 4.36. The van der Waals surface area contributed by atoms with Crippen molar-refractivity contribution in [1.82, 2.24) is 9.61 Å². The van der Waals surface area contributed by atoms with Crippen LogP contribution in [0.1, 0.15) is 18.1 Å². The van der Waals surface area contributed by atoms with Crippen LogP contribution < -0.4 is 5.73 Å². The summed E-state index contributed by atoms with van der Waals surface area (Å²) < 4.78 is 2.61. The molecular weight excluding hydrogens is 364 g/mol. The number of aliphatic imine (C=N–C) groups is 1. The van der Waals surface area contributed by atoms with E-state index in [1.54, 1.807) is 10.7 Å². The molecule has 0 saturated carbocycles. The maximum atomic E-state index is 6.45. The molecule has 0 atom stereocenters. The molecule has 2 heterocycles. The Kier molecular flexibility index (Phi) is 4.18. The maximum absolute atomic E-state index is 6.45. The van der Waals surface area contributed by atoms with Gasteiger partial charge in [0.05, 0.1) is 28.0 Å². The minimum Gasteiger partial charge on any atom is -0.383 e. The number of nitrogens with two attached hydrogens (primary N) is 1. The van der Waals surface area contributed by atoms with Crippen molar-refractivity contribution in [2.24, 2.45) is 10.7 Å². The molecule has 0 bridgehead atoms. The van der Waals surface area contributed by atoms with Gasteiger partial charge < -0.3 is 5.73 Å². The summed E-state index contributed by atoms with van der Waals surface area (Å²) in [5.41, 5.74) is 9.57. The Morgan fingerprint density at radius 3 is 2.95 bits per heavy atom. The molecule has 0 aliphatic rings. The Labute approximate surface area is 141 Å². The molecule has 0 amide bonds. The smallest absolute Gasteiger partial charge is 0.134 e. The van der Waals surface area contributed by atoms with Gasteiger partial charge in [0.1, 0.15) is 5.84 Å². The highest BCUT2D eigenvalue weighted by Crippen LogP contribution is 2.26. The fraction of sp³-hybridized carbons (Fsp3) is 0.125. The lowest BCUT2D eigenvalue weighted by atomic mass is 10.1. The second-order valence-electron chi connectivity index (χ2n) is 4.84. The summed E-state index contributed by atoms with van der Waals surface area (Å²) in [6, 6.07) is 9.82. The Morgan fingerprint density at radius 2 is 2.18 bits per heavy atom. The Morgan fingerprint density at radius 1 is 1.41 bits per heavy atom. The van der Waals surface area contributed by atoms with Crippen molar-refractivity contribution in [3.05, 3.63) is 63.3 Å². The van der Waals surface area contributed by atoms with E-state index in [1.807, 2.05) is 36.5 Å². The normalized spacial score (nSPS) is 12.0. The molecule has 0 spiro atoms. The van der Waals surface area contributed by atoms with Gasteiger partial charge in [-0.15, -0.1) is 0 Å². The van der Waals surface area contributed by atoms with Crippen LogP contribution in [-0.4, -0.2) is 15.4 Å². The van der Waals surface area contributed by atoms with Gasteiger partial charge >= 0.3 is 0 Å². The Bertz CT molecular complexity index is 870. The number of halogens is 2. The molecule has 0 aliphatic heterocycles. The van der Waals surface area contributed by atoms with Crippen LogP contribution in [0.25, 0.3) is 5.52 Å². The van der Waals surface area contributed by atoms with E-state index in [0.717, 1.165) is 27.7 Å². The lowest BCUT2D eigenvalue weighted by molar-refractivity contribution is 0.937. The third-order valence-electron chi connectivity index (χ3n) is 3.43. The third kappa shape index (κ3) is 2.74. The van der Waals surface area contributed by atoms with Crippen molar-refractivity contribution in [3.8, 4) is 0 Å². The number of fused-ring (bicyclic) bond motifs is 1. The lowest BCUT2D eigenvalue weighted by Gasteiger charge is -2.07. The summed E-state index contributed by atoms with van der Waals surface area (Å²) in [7, 11) is 0. The van der Waals surface area contributed by atoms with Gasteiger partial charge in [-0.25, -0.2) is 9.51 Å². The van der Waals surface area contributed by atoms with Gasteiger partial charge in [-0.2, -0.15) is 5.10 Å². The lowest BCUT2D eigenvalue weighted by Crippen LogP contribution is -2.15. The second-order valence-corrected chi connectivity index (χ2v) is 6.13. The zero-order valence-corrected chi connectivity index (χ0v) is 14.3. The first kappa shape index (κ1) is 15.1. The Balaban J connectivity index is 2.10. The van der Waals surface area contributed by atoms with Crippen LogP contribution in [-0.2, 0) is 6.42 Å². The first-order chi connectivity index (χ1) is 10.6. The van der Waals surface area contributed by atoms with Crippen LogP contribution >= 0.6 is 27.5 Å². The first-order valence-corrected chi connectivity index (χ1v) is 8.02. The molecule has 0 aliphatic carbocycles. The highest BCUT2D eigenvalue weighted by Gasteiger charge is 2.12. The van der Waals surface area contributed by atoms with Gasteiger partial charge in [-0.05, 0) is 40.0 Å². The van der Waals surface area contributed by atoms with Crippen molar-refractivity contribution in [2.45, 2.75) is 13.3 Å². The van der Waals surface area contributed by atoms with Gasteiger partial charge in [0.2, 0.25) is 0 Å². The zero-order chi connectivity index (χ0) is 15.7. The molecule has 0 unspecified atom stereocenters. The van der Waals surface area contributed by atoms with Crippen molar-refractivity contribution in [2.75, 3.05) is 0 Å². The third-order valence-corrected chi connectivity index (χ3v) is 4.26. The molecule has 112 valence electrons. The van der Waals surface area contributed by atoms with Crippen molar-refractivity contribution in [1.29, 1.82) is 0 Å². The van der Waals surface area contributed by atoms with E-state index >= 15 is 0 Å². The maximum Gasteiger partial charge on any atom is 0.134 e. The minimum absolute atomic E-state index is 0.359. The molecule has 3 aromatic rings. The predicted molar refractivity (Wildman–Crippen MR) is 94.1 cm³/mol. The van der Waals surface area contributed by atoms with Gasteiger partial charge in [0.15, 0.2) is 0 Å². The van der Waals surface area contributed by atoms with Crippen molar-refractivity contribution in [3.63, 3.8) is 0 Å². The SMILES string of the molecule is CCc1ccccc1N=C(N)c1cnn2cc(Br)cc2c1Cl. The van der Waals surface area contributed by atoms with E-state index in [0.29, 0.717) is 16.4 Å². The number of rotatable bonds is 3. The quantitative estimate of drug-likeness (QED) is 0.545. The number of para-hydroxylation sites is 1. The van der Waals surface area contributed by atoms with Crippen molar-refractivity contribution < 1.29 is 0 Å². The summed E-state index contributed by atoms with van der Waals surface area (Å²) in [4.78, 5) is 4.52. The molecule has 4 nitrogen and oxygen atoms in total. The number of benzene rings is 1. The fourth-order valence-corrected chi connectivity index (χ4v) is 2.98. The molecule has 0 saturated heterocycles. The van der Waals surface area contributed by atoms with E-state index in [4.69, 9.17) is 17.3 Å². The van der Waals surface area contributed by atoms with Crippen LogP contribution in [0.5, 0.6) is 0 Å². The minimum atomic E-state index is 0.359. The highest BCUT2D eigenvalue weighted by molar-refractivity contribution is 9.10. The van der Waals surface area contributed by atoms with Crippen LogP contribution in [0, 0.1) is 0 Å². The van der Waals surface area contributed by atoms with Gasteiger partial charge in [0, 0.05) is 10.7 Å². The monoisotopic (exact) mass is 376 g/mol. The molecule has 0 radical (unpaired) electrons. The van der Waals surface area contributed by atoms with Crippen LogP contribution in [0.4, 0.5) is 5.69 Å². The number of aromatic nitrogens is 2. The molecular formula is C16H14BrClN4. The topological polar surface area (TPSA) is 55.7 Å². The highest BCUT2D eigenvalue weighted by atomic mass is 79.9. The van der Waals surface area contributed by atoms with E-state index in [1.165, 1.54) is 0 Å². The molecule has 3 rings (SSSR count). The number of hydrogen-bond acceptors (Lipinski definition) is 2. The summed E-state index contributed by atoms with van der Waals surface area (Å²) in [5.74, 6) is 0.359. The van der Waals surface area contributed by atoms with Gasteiger partial charge in [-0.3, -0.25) is 0 Å².